The second kappa shape index (κ2) is 11.1. The Balaban J connectivity index is 1.27. The molecular weight excluding hydrogens is 383 g/mol. The third kappa shape index (κ3) is 5.99. The molecule has 0 spiro atoms. The van der Waals surface area contributed by atoms with Crippen LogP contribution in [0.3, 0.4) is 0 Å². The number of rotatable bonds is 7. The van der Waals surface area contributed by atoms with Crippen LogP contribution in [0.2, 0.25) is 0 Å². The van der Waals surface area contributed by atoms with Gasteiger partial charge in [0.1, 0.15) is 11.6 Å². The molecular formula is C29H43FO. The summed E-state index contributed by atoms with van der Waals surface area (Å²) in [6.07, 6.45) is 19.0. The van der Waals surface area contributed by atoms with Crippen molar-refractivity contribution >= 4 is 5.78 Å². The van der Waals surface area contributed by atoms with Crippen molar-refractivity contribution in [1.29, 1.82) is 0 Å². The zero-order valence-corrected chi connectivity index (χ0v) is 19.7. The first-order valence-corrected chi connectivity index (χ1v) is 13.4. The standard InChI is InChI=1S/C29H43FO/c1-2-3-4-5-21-6-8-24(9-7-21)26-16-19-28(29(30)20-26)25-12-10-22(11-13-25)23-14-17-27(31)18-15-23/h16,19-25H,2-15,17-18H2,1H3. The number of carbonyl (C=O) groups excluding carboxylic acids is 1. The zero-order valence-electron chi connectivity index (χ0n) is 19.7. The van der Waals surface area contributed by atoms with Crippen LogP contribution in [-0.4, -0.2) is 5.78 Å². The molecule has 0 bridgehead atoms. The third-order valence-corrected chi connectivity index (χ3v) is 9.02. The highest BCUT2D eigenvalue weighted by Crippen LogP contribution is 2.44. The number of benzene rings is 1. The first kappa shape index (κ1) is 23.0. The molecule has 172 valence electrons. The van der Waals surface area contributed by atoms with E-state index in [-0.39, 0.29) is 5.82 Å². The summed E-state index contributed by atoms with van der Waals surface area (Å²) >= 11 is 0. The first-order valence-electron chi connectivity index (χ1n) is 13.4. The molecule has 3 aliphatic rings. The summed E-state index contributed by atoms with van der Waals surface area (Å²) in [5, 5.41) is 0. The Morgan fingerprint density at radius 2 is 1.45 bits per heavy atom. The number of hydrogen-bond acceptors (Lipinski definition) is 1. The van der Waals surface area contributed by atoms with Crippen LogP contribution in [0, 0.1) is 23.6 Å². The summed E-state index contributed by atoms with van der Waals surface area (Å²) in [5.74, 6) is 3.87. The van der Waals surface area contributed by atoms with Gasteiger partial charge in [-0.3, -0.25) is 4.79 Å². The summed E-state index contributed by atoms with van der Waals surface area (Å²) in [5.41, 5.74) is 2.21. The van der Waals surface area contributed by atoms with Gasteiger partial charge in [-0.05, 0) is 111 Å². The Morgan fingerprint density at radius 1 is 0.806 bits per heavy atom. The molecule has 0 radical (unpaired) electrons. The van der Waals surface area contributed by atoms with Crippen molar-refractivity contribution in [2.75, 3.05) is 0 Å². The predicted octanol–water partition coefficient (Wildman–Crippen LogP) is 8.71. The van der Waals surface area contributed by atoms with Crippen molar-refractivity contribution in [2.45, 2.75) is 121 Å². The van der Waals surface area contributed by atoms with Crippen LogP contribution in [0.4, 0.5) is 4.39 Å². The number of hydrogen-bond donors (Lipinski definition) is 0. The minimum atomic E-state index is 0.0503. The van der Waals surface area contributed by atoms with Gasteiger partial charge in [0.25, 0.3) is 0 Å². The van der Waals surface area contributed by atoms with Gasteiger partial charge in [0.05, 0.1) is 0 Å². The van der Waals surface area contributed by atoms with Crippen LogP contribution < -0.4 is 0 Å². The average molecular weight is 427 g/mol. The molecule has 0 saturated heterocycles. The highest BCUT2D eigenvalue weighted by Gasteiger charge is 2.31. The van der Waals surface area contributed by atoms with Gasteiger partial charge < -0.3 is 0 Å². The molecule has 1 nitrogen and oxygen atoms in total. The Hall–Kier alpha value is -1.18. The van der Waals surface area contributed by atoms with Gasteiger partial charge >= 0.3 is 0 Å². The molecule has 0 amide bonds. The minimum absolute atomic E-state index is 0.0503. The smallest absolute Gasteiger partial charge is 0.132 e. The van der Waals surface area contributed by atoms with E-state index in [2.05, 4.69) is 19.1 Å². The summed E-state index contributed by atoms with van der Waals surface area (Å²) in [6, 6.07) is 6.26. The van der Waals surface area contributed by atoms with Gasteiger partial charge in [0.2, 0.25) is 0 Å². The fraction of sp³-hybridized carbons (Fsp3) is 0.759. The van der Waals surface area contributed by atoms with Crippen molar-refractivity contribution in [2.24, 2.45) is 17.8 Å². The maximum atomic E-state index is 15.1. The number of unbranched alkanes of at least 4 members (excludes halogenated alkanes) is 2. The van der Waals surface area contributed by atoms with E-state index in [4.69, 9.17) is 0 Å². The molecule has 0 N–H and O–H groups in total. The summed E-state index contributed by atoms with van der Waals surface area (Å²) < 4.78 is 15.1. The van der Waals surface area contributed by atoms with Crippen LogP contribution >= 0.6 is 0 Å². The van der Waals surface area contributed by atoms with Gasteiger partial charge in [-0.1, -0.05) is 44.7 Å². The Kier molecular flexibility index (Phi) is 8.24. The van der Waals surface area contributed by atoms with E-state index in [1.54, 1.807) is 0 Å². The molecule has 3 aliphatic carbocycles. The number of Topliss-reactive ketones (excluding diaryl/α,β-unsaturated/α-hetero) is 1. The van der Waals surface area contributed by atoms with Crippen molar-refractivity contribution in [3.05, 3.63) is 35.1 Å². The van der Waals surface area contributed by atoms with Crippen LogP contribution in [0.15, 0.2) is 18.2 Å². The average Bonchev–Trinajstić information content (AvgIpc) is 2.80. The van der Waals surface area contributed by atoms with Gasteiger partial charge in [0.15, 0.2) is 0 Å². The maximum Gasteiger partial charge on any atom is 0.132 e. The van der Waals surface area contributed by atoms with E-state index in [0.29, 0.717) is 17.6 Å². The van der Waals surface area contributed by atoms with Gasteiger partial charge in [-0.15, -0.1) is 0 Å². The number of carbonyl (C=O) groups is 1. The topological polar surface area (TPSA) is 17.1 Å². The quantitative estimate of drug-likeness (QED) is 0.398. The largest absolute Gasteiger partial charge is 0.300 e. The second-order valence-corrected chi connectivity index (χ2v) is 11.0. The van der Waals surface area contributed by atoms with E-state index in [1.165, 1.54) is 69.8 Å². The van der Waals surface area contributed by atoms with E-state index in [1.807, 2.05) is 6.07 Å². The highest BCUT2D eigenvalue weighted by atomic mass is 19.1. The van der Waals surface area contributed by atoms with Crippen LogP contribution in [-0.2, 0) is 4.79 Å². The summed E-state index contributed by atoms with van der Waals surface area (Å²) in [4.78, 5) is 11.5. The maximum absolute atomic E-state index is 15.1. The molecule has 0 unspecified atom stereocenters. The highest BCUT2D eigenvalue weighted by molar-refractivity contribution is 5.79. The first-order chi connectivity index (χ1) is 15.1. The lowest BCUT2D eigenvalue weighted by atomic mass is 9.69. The van der Waals surface area contributed by atoms with E-state index in [9.17, 15) is 4.79 Å². The van der Waals surface area contributed by atoms with Crippen molar-refractivity contribution < 1.29 is 9.18 Å². The molecule has 0 aromatic heterocycles. The van der Waals surface area contributed by atoms with Gasteiger partial charge in [-0.25, -0.2) is 4.39 Å². The number of ketones is 1. The van der Waals surface area contributed by atoms with Gasteiger partial charge in [0, 0.05) is 12.8 Å². The minimum Gasteiger partial charge on any atom is -0.300 e. The normalized spacial score (nSPS) is 30.5. The summed E-state index contributed by atoms with van der Waals surface area (Å²) in [7, 11) is 0. The molecule has 1 aromatic rings. The Morgan fingerprint density at radius 3 is 2.10 bits per heavy atom. The van der Waals surface area contributed by atoms with Crippen molar-refractivity contribution in [3.63, 3.8) is 0 Å². The van der Waals surface area contributed by atoms with Crippen molar-refractivity contribution in [1.82, 2.24) is 0 Å². The van der Waals surface area contributed by atoms with Crippen molar-refractivity contribution in [3.8, 4) is 0 Å². The second-order valence-electron chi connectivity index (χ2n) is 11.0. The zero-order chi connectivity index (χ0) is 21.6. The van der Waals surface area contributed by atoms with E-state index in [0.717, 1.165) is 61.8 Å². The molecule has 2 heteroatoms. The lowest BCUT2D eigenvalue weighted by Gasteiger charge is -2.36. The third-order valence-electron chi connectivity index (χ3n) is 9.02. The van der Waals surface area contributed by atoms with E-state index < -0.39 is 0 Å². The lowest BCUT2D eigenvalue weighted by Crippen LogP contribution is -2.25. The molecule has 0 atom stereocenters. The molecule has 3 saturated carbocycles. The lowest BCUT2D eigenvalue weighted by molar-refractivity contribution is -0.121. The molecule has 1 aromatic carbocycles. The molecule has 31 heavy (non-hydrogen) atoms. The van der Waals surface area contributed by atoms with Crippen LogP contribution in [0.1, 0.15) is 133 Å². The fourth-order valence-corrected chi connectivity index (χ4v) is 6.93. The van der Waals surface area contributed by atoms with Crippen LogP contribution in [0.25, 0.3) is 0 Å². The molecule has 0 aliphatic heterocycles. The molecule has 0 heterocycles. The fourth-order valence-electron chi connectivity index (χ4n) is 6.93. The molecule has 4 rings (SSSR count). The Bertz CT molecular complexity index is 699. The van der Waals surface area contributed by atoms with Crippen LogP contribution in [0.5, 0.6) is 0 Å². The SMILES string of the molecule is CCCCCC1CCC(c2ccc(C3CCC(C4CCC(=O)CC4)CC3)c(F)c2)CC1. The van der Waals surface area contributed by atoms with Gasteiger partial charge in [-0.2, -0.15) is 0 Å². The Labute approximate surface area is 189 Å². The monoisotopic (exact) mass is 426 g/mol. The summed E-state index contributed by atoms with van der Waals surface area (Å²) in [6.45, 7) is 2.28. The number of halogens is 1. The van der Waals surface area contributed by atoms with E-state index >= 15 is 4.39 Å². The molecule has 3 fully saturated rings. The predicted molar refractivity (Wildman–Crippen MR) is 127 cm³/mol.